The monoisotopic (exact) mass is 283 g/mol. The Hall–Kier alpha value is -2.00. The van der Waals surface area contributed by atoms with E-state index in [1.165, 1.54) is 5.56 Å². The van der Waals surface area contributed by atoms with Crippen molar-refractivity contribution in [3.8, 4) is 5.75 Å². The predicted molar refractivity (Wildman–Crippen MR) is 84.5 cm³/mol. The average molecular weight is 283 g/mol. The van der Waals surface area contributed by atoms with Gasteiger partial charge in [0.25, 0.3) is 0 Å². The van der Waals surface area contributed by atoms with E-state index in [4.69, 9.17) is 4.74 Å². The van der Waals surface area contributed by atoms with E-state index in [0.29, 0.717) is 12.5 Å². The van der Waals surface area contributed by atoms with Crippen molar-refractivity contribution >= 4 is 5.69 Å². The fourth-order valence-electron chi connectivity index (χ4n) is 2.87. The molecule has 1 heterocycles. The number of aliphatic hydroxyl groups is 1. The minimum atomic E-state index is -0.487. The third-order valence-electron chi connectivity index (χ3n) is 4.05. The normalized spacial score (nSPS) is 22.0. The van der Waals surface area contributed by atoms with Gasteiger partial charge in [-0.25, -0.2) is 0 Å². The van der Waals surface area contributed by atoms with Crippen molar-refractivity contribution in [3.05, 3.63) is 59.7 Å². The van der Waals surface area contributed by atoms with Gasteiger partial charge in [0, 0.05) is 22.7 Å². The summed E-state index contributed by atoms with van der Waals surface area (Å²) in [6.45, 7) is 4.67. The Morgan fingerprint density at radius 1 is 1.14 bits per heavy atom. The summed E-state index contributed by atoms with van der Waals surface area (Å²) in [6.07, 6.45) is -0.487. The van der Waals surface area contributed by atoms with E-state index in [-0.39, 0.29) is 6.04 Å². The van der Waals surface area contributed by atoms with E-state index in [9.17, 15) is 5.11 Å². The molecule has 110 valence electrons. The number of anilines is 1. The first-order valence-electron chi connectivity index (χ1n) is 7.42. The highest BCUT2D eigenvalue weighted by Crippen LogP contribution is 2.38. The lowest BCUT2D eigenvalue weighted by atomic mass is 9.91. The fourth-order valence-corrected chi connectivity index (χ4v) is 2.87. The van der Waals surface area contributed by atoms with E-state index in [1.807, 2.05) is 42.5 Å². The second-order valence-corrected chi connectivity index (χ2v) is 5.71. The minimum Gasteiger partial charge on any atom is -0.493 e. The van der Waals surface area contributed by atoms with Crippen LogP contribution in [0.5, 0.6) is 5.75 Å². The highest BCUT2D eigenvalue weighted by atomic mass is 16.5. The number of fused-ring (bicyclic) bond motifs is 1. The van der Waals surface area contributed by atoms with Crippen LogP contribution < -0.4 is 10.1 Å². The highest BCUT2D eigenvalue weighted by Gasteiger charge is 2.28. The first-order valence-corrected chi connectivity index (χ1v) is 7.42. The Morgan fingerprint density at radius 2 is 1.86 bits per heavy atom. The first-order chi connectivity index (χ1) is 10.2. The molecule has 0 bridgehead atoms. The van der Waals surface area contributed by atoms with Gasteiger partial charge in [-0.2, -0.15) is 0 Å². The smallest absolute Gasteiger partial charge is 0.124 e. The van der Waals surface area contributed by atoms with Gasteiger partial charge in [0.1, 0.15) is 5.75 Å². The Labute approximate surface area is 125 Å². The molecule has 2 aromatic rings. The van der Waals surface area contributed by atoms with Crippen molar-refractivity contribution < 1.29 is 9.84 Å². The molecule has 0 saturated carbocycles. The van der Waals surface area contributed by atoms with Crippen molar-refractivity contribution in [3.63, 3.8) is 0 Å². The second kappa shape index (κ2) is 5.78. The predicted octanol–water partition coefficient (Wildman–Crippen LogP) is 3.92. The molecule has 0 aromatic heterocycles. The number of aliphatic hydroxyl groups excluding tert-OH is 1. The summed E-state index contributed by atoms with van der Waals surface area (Å²) in [5, 5.41) is 13.5. The number of benzene rings is 2. The zero-order valence-corrected chi connectivity index (χ0v) is 12.4. The van der Waals surface area contributed by atoms with Crippen LogP contribution in [0.15, 0.2) is 48.5 Å². The van der Waals surface area contributed by atoms with Gasteiger partial charge in [0.15, 0.2) is 0 Å². The summed E-state index contributed by atoms with van der Waals surface area (Å²) in [5.74, 6) is 1.31. The van der Waals surface area contributed by atoms with Crippen LogP contribution in [0, 0.1) is 5.92 Å². The molecule has 0 radical (unpaired) electrons. The van der Waals surface area contributed by atoms with E-state index in [0.717, 1.165) is 17.0 Å². The molecule has 3 heteroatoms. The Morgan fingerprint density at radius 3 is 2.67 bits per heavy atom. The van der Waals surface area contributed by atoms with E-state index in [1.54, 1.807) is 6.92 Å². The molecule has 0 saturated heterocycles. The molecular formula is C18H21NO2. The number of ether oxygens (including phenoxy) is 1. The zero-order chi connectivity index (χ0) is 14.8. The van der Waals surface area contributed by atoms with Crippen LogP contribution in [0.25, 0.3) is 0 Å². The Bertz CT molecular complexity index is 624. The summed E-state index contributed by atoms with van der Waals surface area (Å²) in [6, 6.07) is 16.3. The van der Waals surface area contributed by atoms with Crippen molar-refractivity contribution in [2.24, 2.45) is 5.92 Å². The average Bonchev–Trinajstić information content (AvgIpc) is 2.50. The summed E-state index contributed by atoms with van der Waals surface area (Å²) >= 11 is 0. The van der Waals surface area contributed by atoms with Crippen LogP contribution >= 0.6 is 0 Å². The SMILES string of the molecule is CC(O)c1ccccc1NC1c2ccccc2OCC1C. The number of para-hydroxylation sites is 2. The summed E-state index contributed by atoms with van der Waals surface area (Å²) < 4.78 is 5.79. The standard InChI is InChI=1S/C18H21NO2/c1-12-11-21-17-10-6-4-8-15(17)18(12)19-16-9-5-3-7-14(16)13(2)20/h3-10,12-13,18-20H,11H2,1-2H3. The van der Waals surface area contributed by atoms with Crippen LogP contribution in [-0.4, -0.2) is 11.7 Å². The molecule has 1 aliphatic heterocycles. The zero-order valence-electron chi connectivity index (χ0n) is 12.4. The largest absolute Gasteiger partial charge is 0.493 e. The van der Waals surface area contributed by atoms with Gasteiger partial charge in [-0.1, -0.05) is 43.3 Å². The first kappa shape index (κ1) is 14.0. The highest BCUT2D eigenvalue weighted by molar-refractivity contribution is 5.55. The molecule has 3 unspecified atom stereocenters. The van der Waals surface area contributed by atoms with Gasteiger partial charge in [0.2, 0.25) is 0 Å². The Kier molecular flexibility index (Phi) is 3.84. The molecule has 2 aromatic carbocycles. The molecule has 3 nitrogen and oxygen atoms in total. The molecule has 3 atom stereocenters. The van der Waals surface area contributed by atoms with Crippen LogP contribution in [0.1, 0.15) is 37.1 Å². The molecule has 21 heavy (non-hydrogen) atoms. The molecule has 2 N–H and O–H groups in total. The maximum absolute atomic E-state index is 9.93. The number of nitrogens with one attached hydrogen (secondary N) is 1. The fraction of sp³-hybridized carbons (Fsp3) is 0.333. The van der Waals surface area contributed by atoms with Gasteiger partial charge in [-0.05, 0) is 19.1 Å². The van der Waals surface area contributed by atoms with Gasteiger partial charge in [0.05, 0.1) is 18.8 Å². The molecule has 0 spiro atoms. The lowest BCUT2D eigenvalue weighted by molar-refractivity contribution is 0.199. The van der Waals surface area contributed by atoms with Crippen molar-refractivity contribution in [2.75, 3.05) is 11.9 Å². The van der Waals surface area contributed by atoms with Gasteiger partial charge in [-0.15, -0.1) is 0 Å². The molecule has 1 aliphatic rings. The third-order valence-corrected chi connectivity index (χ3v) is 4.05. The van der Waals surface area contributed by atoms with Gasteiger partial charge >= 0.3 is 0 Å². The van der Waals surface area contributed by atoms with Crippen LogP contribution in [-0.2, 0) is 0 Å². The molecule has 0 aliphatic carbocycles. The maximum Gasteiger partial charge on any atom is 0.124 e. The third kappa shape index (κ3) is 2.74. The van der Waals surface area contributed by atoms with Gasteiger partial charge < -0.3 is 15.2 Å². The van der Waals surface area contributed by atoms with Crippen LogP contribution in [0.4, 0.5) is 5.69 Å². The quantitative estimate of drug-likeness (QED) is 0.897. The van der Waals surface area contributed by atoms with E-state index < -0.39 is 6.10 Å². The van der Waals surface area contributed by atoms with E-state index in [2.05, 4.69) is 18.3 Å². The lowest BCUT2D eigenvalue weighted by Gasteiger charge is -2.33. The number of rotatable bonds is 3. The summed E-state index contributed by atoms with van der Waals surface area (Å²) in [4.78, 5) is 0. The van der Waals surface area contributed by atoms with Crippen molar-refractivity contribution in [2.45, 2.75) is 26.0 Å². The summed E-state index contributed by atoms with van der Waals surface area (Å²) in [7, 11) is 0. The topological polar surface area (TPSA) is 41.5 Å². The summed E-state index contributed by atoms with van der Waals surface area (Å²) in [5.41, 5.74) is 3.09. The van der Waals surface area contributed by atoms with Gasteiger partial charge in [-0.3, -0.25) is 0 Å². The molecule has 0 fully saturated rings. The van der Waals surface area contributed by atoms with Crippen LogP contribution in [0.2, 0.25) is 0 Å². The minimum absolute atomic E-state index is 0.190. The maximum atomic E-state index is 9.93. The van der Waals surface area contributed by atoms with E-state index >= 15 is 0 Å². The number of hydrogen-bond acceptors (Lipinski definition) is 3. The molecule has 0 amide bonds. The number of hydrogen-bond donors (Lipinski definition) is 2. The molecular weight excluding hydrogens is 262 g/mol. The van der Waals surface area contributed by atoms with Crippen molar-refractivity contribution in [1.82, 2.24) is 0 Å². The molecule has 3 rings (SSSR count). The Balaban J connectivity index is 1.95. The van der Waals surface area contributed by atoms with Crippen LogP contribution in [0.3, 0.4) is 0 Å². The second-order valence-electron chi connectivity index (χ2n) is 5.71. The lowest BCUT2D eigenvalue weighted by Crippen LogP contribution is -2.29. The van der Waals surface area contributed by atoms with Crippen molar-refractivity contribution in [1.29, 1.82) is 0 Å².